The van der Waals surface area contributed by atoms with Gasteiger partial charge in [0.05, 0.1) is 5.56 Å². The molecule has 0 saturated carbocycles. The number of alkyl halides is 5. The Balaban J connectivity index is 2.06. The third kappa shape index (κ3) is 6.32. The monoisotopic (exact) mass is 394 g/mol. The predicted molar refractivity (Wildman–Crippen MR) is 88.5 cm³/mol. The first-order chi connectivity index (χ1) is 12.3. The summed E-state index contributed by atoms with van der Waals surface area (Å²) in [5.74, 6) is -2.89. The number of amides is 1. The Bertz CT molecular complexity index is 653. The minimum atomic E-state index is -4.48. The lowest BCUT2D eigenvalue weighted by molar-refractivity contribution is -0.137. The molecule has 0 aromatic carbocycles. The molecule has 1 amide bonds. The Labute approximate surface area is 154 Å². The molecule has 2 rings (SSSR count). The van der Waals surface area contributed by atoms with Gasteiger partial charge in [0.15, 0.2) is 0 Å². The van der Waals surface area contributed by atoms with Crippen LogP contribution in [0, 0.1) is 0 Å². The number of likely N-dealkylation sites (tertiary alicyclic amines) is 1. The molecule has 1 aliphatic heterocycles. The minimum Gasteiger partial charge on any atom is -0.444 e. The van der Waals surface area contributed by atoms with E-state index in [2.05, 4.69) is 4.98 Å². The van der Waals surface area contributed by atoms with Crippen LogP contribution in [0.1, 0.15) is 51.3 Å². The van der Waals surface area contributed by atoms with Gasteiger partial charge in [-0.25, -0.2) is 13.6 Å². The lowest BCUT2D eigenvalue weighted by atomic mass is 9.94. The number of aromatic nitrogens is 1. The molecule has 0 radical (unpaired) electrons. The van der Waals surface area contributed by atoms with Crippen molar-refractivity contribution in [2.45, 2.75) is 70.2 Å². The molecule has 27 heavy (non-hydrogen) atoms. The van der Waals surface area contributed by atoms with E-state index in [1.807, 2.05) is 0 Å². The van der Waals surface area contributed by atoms with Crippen LogP contribution in [0.25, 0.3) is 0 Å². The van der Waals surface area contributed by atoms with E-state index >= 15 is 0 Å². The van der Waals surface area contributed by atoms with Crippen molar-refractivity contribution in [2.75, 3.05) is 6.54 Å². The molecule has 1 aromatic rings. The number of piperidine rings is 1. The molecule has 0 N–H and O–H groups in total. The van der Waals surface area contributed by atoms with Gasteiger partial charge in [0.2, 0.25) is 0 Å². The highest BCUT2D eigenvalue weighted by Crippen LogP contribution is 2.34. The summed E-state index contributed by atoms with van der Waals surface area (Å²) in [6.45, 7) is 4.92. The molecule has 1 aliphatic rings. The van der Waals surface area contributed by atoms with Crippen LogP contribution in [0.2, 0.25) is 0 Å². The molecule has 1 unspecified atom stereocenters. The summed E-state index contributed by atoms with van der Waals surface area (Å²) in [4.78, 5) is 17.4. The molecule has 1 atom stereocenters. The number of ether oxygens (including phenoxy) is 1. The molecule has 4 nitrogen and oxygen atoms in total. The van der Waals surface area contributed by atoms with E-state index in [0.717, 1.165) is 12.3 Å². The molecule has 0 bridgehead atoms. The zero-order valence-corrected chi connectivity index (χ0v) is 15.4. The number of carbonyl (C=O) groups excluding carboxylic acids is 1. The normalized spacial score (nSPS) is 20.4. The summed E-state index contributed by atoms with van der Waals surface area (Å²) in [6.07, 6.45) is -5.04. The van der Waals surface area contributed by atoms with E-state index in [9.17, 15) is 26.7 Å². The van der Waals surface area contributed by atoms with Gasteiger partial charge in [-0.1, -0.05) is 0 Å². The molecule has 9 heteroatoms. The number of carbonyl (C=O) groups is 1. The largest absolute Gasteiger partial charge is 0.444 e. The fourth-order valence-corrected chi connectivity index (χ4v) is 2.90. The maximum atomic E-state index is 13.8. The van der Waals surface area contributed by atoms with E-state index in [0.29, 0.717) is 5.69 Å². The van der Waals surface area contributed by atoms with E-state index in [4.69, 9.17) is 4.74 Å². The van der Waals surface area contributed by atoms with E-state index in [1.54, 1.807) is 20.8 Å². The average molecular weight is 394 g/mol. The van der Waals surface area contributed by atoms with Gasteiger partial charge in [0.1, 0.15) is 5.60 Å². The van der Waals surface area contributed by atoms with E-state index in [-0.39, 0.29) is 19.4 Å². The van der Waals surface area contributed by atoms with Crippen LogP contribution in [0.4, 0.5) is 26.7 Å². The smallest absolute Gasteiger partial charge is 0.417 e. The zero-order chi connectivity index (χ0) is 20.5. The second kappa shape index (κ2) is 7.59. The van der Waals surface area contributed by atoms with Crippen LogP contribution < -0.4 is 0 Å². The fourth-order valence-electron chi connectivity index (χ4n) is 2.90. The lowest BCUT2D eigenvalue weighted by Gasteiger charge is -2.39. The van der Waals surface area contributed by atoms with Crippen LogP contribution in [-0.2, 0) is 17.3 Å². The Hall–Kier alpha value is -1.93. The van der Waals surface area contributed by atoms with Crippen molar-refractivity contribution in [1.82, 2.24) is 9.88 Å². The highest BCUT2D eigenvalue weighted by atomic mass is 19.4. The Kier molecular flexibility index (Phi) is 6.01. The maximum Gasteiger partial charge on any atom is 0.417 e. The maximum absolute atomic E-state index is 13.8. The van der Waals surface area contributed by atoms with Crippen molar-refractivity contribution in [1.29, 1.82) is 0 Å². The number of hydrogen-bond donors (Lipinski definition) is 0. The van der Waals surface area contributed by atoms with Crippen LogP contribution in [0.15, 0.2) is 18.3 Å². The molecule has 0 aliphatic carbocycles. The van der Waals surface area contributed by atoms with Crippen LogP contribution in [-0.4, -0.2) is 40.1 Å². The minimum absolute atomic E-state index is 0.132. The summed E-state index contributed by atoms with van der Waals surface area (Å²) in [5, 5.41) is 0. The van der Waals surface area contributed by atoms with Crippen molar-refractivity contribution < 1.29 is 31.5 Å². The summed E-state index contributed by atoms with van der Waals surface area (Å²) >= 11 is 0. The predicted octanol–water partition coefficient (Wildman–Crippen LogP) is 5.07. The fraction of sp³-hybridized carbons (Fsp3) is 0.667. The SMILES string of the molecule is CC(C)(C)OC(=O)N1CCC(F)(F)CC1CCc1ccc(C(F)(F)F)cn1. The lowest BCUT2D eigenvalue weighted by Crippen LogP contribution is -2.51. The van der Waals surface area contributed by atoms with Crippen molar-refractivity contribution in [3.63, 3.8) is 0 Å². The van der Waals surface area contributed by atoms with E-state index in [1.165, 1.54) is 11.0 Å². The molecular weight excluding hydrogens is 371 g/mol. The van der Waals surface area contributed by atoms with Gasteiger partial charge in [-0.05, 0) is 45.7 Å². The molecule has 1 saturated heterocycles. The third-order valence-electron chi connectivity index (χ3n) is 4.21. The van der Waals surface area contributed by atoms with Gasteiger partial charge in [-0.2, -0.15) is 13.2 Å². The van der Waals surface area contributed by atoms with Gasteiger partial charge in [0.25, 0.3) is 5.92 Å². The van der Waals surface area contributed by atoms with Gasteiger partial charge in [0, 0.05) is 37.3 Å². The summed E-state index contributed by atoms with van der Waals surface area (Å²) < 4.78 is 70.6. The number of rotatable bonds is 3. The Morgan fingerprint density at radius 1 is 1.30 bits per heavy atom. The topological polar surface area (TPSA) is 42.4 Å². The first-order valence-corrected chi connectivity index (χ1v) is 8.66. The van der Waals surface area contributed by atoms with Gasteiger partial charge < -0.3 is 9.64 Å². The summed E-state index contributed by atoms with van der Waals surface area (Å²) in [7, 11) is 0. The highest BCUT2D eigenvalue weighted by molar-refractivity contribution is 5.68. The molecule has 1 fully saturated rings. The quantitative estimate of drug-likeness (QED) is 0.673. The molecule has 152 valence electrons. The first kappa shape index (κ1) is 21.4. The van der Waals surface area contributed by atoms with Crippen molar-refractivity contribution >= 4 is 6.09 Å². The van der Waals surface area contributed by atoms with Crippen LogP contribution in [0.3, 0.4) is 0 Å². The summed E-state index contributed by atoms with van der Waals surface area (Å²) in [6, 6.07) is 1.36. The first-order valence-electron chi connectivity index (χ1n) is 8.66. The number of pyridine rings is 1. The second-order valence-corrected chi connectivity index (χ2v) is 7.71. The number of nitrogens with zero attached hydrogens (tertiary/aromatic N) is 2. The zero-order valence-electron chi connectivity index (χ0n) is 15.4. The van der Waals surface area contributed by atoms with Crippen molar-refractivity contribution in [2.24, 2.45) is 0 Å². The van der Waals surface area contributed by atoms with Crippen LogP contribution in [0.5, 0.6) is 0 Å². The molecular formula is C18H23F5N2O2. The third-order valence-corrected chi connectivity index (χ3v) is 4.21. The van der Waals surface area contributed by atoms with Gasteiger partial charge in [-0.3, -0.25) is 4.98 Å². The standard InChI is InChI=1S/C18H23F5N2O2/c1-16(2,3)27-15(26)25-9-8-17(19,20)10-14(25)7-6-13-5-4-12(11-24-13)18(21,22)23/h4-5,11,14H,6-10H2,1-3H3. The second-order valence-electron chi connectivity index (χ2n) is 7.71. The Morgan fingerprint density at radius 3 is 2.48 bits per heavy atom. The van der Waals surface area contributed by atoms with Crippen molar-refractivity contribution in [3.05, 3.63) is 29.6 Å². The molecule has 1 aromatic heterocycles. The Morgan fingerprint density at radius 2 is 1.96 bits per heavy atom. The van der Waals surface area contributed by atoms with Crippen molar-refractivity contribution in [3.8, 4) is 0 Å². The summed E-state index contributed by atoms with van der Waals surface area (Å²) in [5.41, 5.74) is -1.27. The van der Waals surface area contributed by atoms with E-state index < -0.39 is 48.2 Å². The highest BCUT2D eigenvalue weighted by Gasteiger charge is 2.43. The number of aryl methyl sites for hydroxylation is 1. The van der Waals surface area contributed by atoms with Crippen LogP contribution >= 0.6 is 0 Å². The number of hydrogen-bond acceptors (Lipinski definition) is 3. The van der Waals surface area contributed by atoms with Gasteiger partial charge >= 0.3 is 12.3 Å². The number of halogens is 5. The molecule has 2 heterocycles. The average Bonchev–Trinajstić information content (AvgIpc) is 2.50. The molecule has 0 spiro atoms. The van der Waals surface area contributed by atoms with Gasteiger partial charge in [-0.15, -0.1) is 0 Å².